The second kappa shape index (κ2) is 14.0. The van der Waals surface area contributed by atoms with Crippen molar-refractivity contribution in [3.8, 4) is 5.75 Å². The van der Waals surface area contributed by atoms with E-state index in [1.807, 2.05) is 13.8 Å². The van der Waals surface area contributed by atoms with E-state index in [0.29, 0.717) is 37.4 Å². The molecule has 2 aliphatic rings. The largest absolute Gasteiger partial charge is 0.493 e. The first-order chi connectivity index (χ1) is 17.8. The number of carbonyl (C=O) groups excluding carboxylic acids is 4. The first-order valence-electron chi connectivity index (χ1n) is 13.4. The normalized spacial score (nSPS) is 24.4. The zero-order valence-electron chi connectivity index (χ0n) is 22.2. The maximum atomic E-state index is 13.2. The van der Waals surface area contributed by atoms with E-state index in [1.54, 1.807) is 24.3 Å². The van der Waals surface area contributed by atoms with Crippen LogP contribution in [-0.2, 0) is 14.4 Å². The molecule has 0 spiro atoms. The van der Waals surface area contributed by atoms with E-state index in [4.69, 9.17) is 4.74 Å². The van der Waals surface area contributed by atoms with Crippen molar-refractivity contribution in [2.45, 2.75) is 71.0 Å². The van der Waals surface area contributed by atoms with E-state index >= 15 is 0 Å². The number of benzene rings is 1. The van der Waals surface area contributed by atoms with Crippen molar-refractivity contribution in [2.75, 3.05) is 32.8 Å². The fraction of sp³-hybridized carbons (Fsp3) is 0.630. The van der Waals surface area contributed by atoms with Crippen LogP contribution >= 0.6 is 0 Å². The number of nitrogens with zero attached hydrogens (tertiary/aromatic N) is 1. The number of para-hydroxylation sites is 1. The van der Waals surface area contributed by atoms with Gasteiger partial charge in [0.05, 0.1) is 12.2 Å². The fourth-order valence-corrected chi connectivity index (χ4v) is 4.80. The van der Waals surface area contributed by atoms with Crippen molar-refractivity contribution in [1.82, 2.24) is 26.2 Å². The summed E-state index contributed by atoms with van der Waals surface area (Å²) < 4.78 is 5.83. The van der Waals surface area contributed by atoms with Gasteiger partial charge in [0.15, 0.2) is 0 Å². The number of carbonyl (C=O) groups is 4. The summed E-state index contributed by atoms with van der Waals surface area (Å²) in [7, 11) is 0. The molecule has 10 nitrogen and oxygen atoms in total. The lowest BCUT2D eigenvalue weighted by molar-refractivity contribution is -0.130. The van der Waals surface area contributed by atoms with E-state index < -0.39 is 18.0 Å². The van der Waals surface area contributed by atoms with Gasteiger partial charge in [0.25, 0.3) is 5.91 Å². The molecule has 0 aromatic heterocycles. The predicted octanol–water partition coefficient (Wildman–Crippen LogP) is 1.21. The third-order valence-electron chi connectivity index (χ3n) is 6.97. The molecule has 2 heterocycles. The maximum Gasteiger partial charge on any atom is 0.255 e. The van der Waals surface area contributed by atoms with Crippen LogP contribution in [0, 0.1) is 5.92 Å². The van der Waals surface area contributed by atoms with Crippen LogP contribution < -0.4 is 26.0 Å². The number of nitrogens with one attached hydrogen (secondary N) is 4. The van der Waals surface area contributed by atoms with Crippen LogP contribution in [0.5, 0.6) is 5.75 Å². The van der Waals surface area contributed by atoms with Crippen molar-refractivity contribution in [3.63, 3.8) is 0 Å². The van der Waals surface area contributed by atoms with E-state index in [2.05, 4.69) is 33.1 Å². The predicted molar refractivity (Wildman–Crippen MR) is 140 cm³/mol. The minimum atomic E-state index is -0.915. The quantitative estimate of drug-likeness (QED) is 0.467. The van der Waals surface area contributed by atoms with Gasteiger partial charge in [-0.3, -0.25) is 24.1 Å². The summed E-state index contributed by atoms with van der Waals surface area (Å²) in [6.07, 6.45) is 2.72. The van der Waals surface area contributed by atoms with Gasteiger partial charge in [-0.25, -0.2) is 0 Å². The molecular formula is C27H41N5O5. The molecule has 3 atom stereocenters. The first kappa shape index (κ1) is 28.4. The average molecular weight is 516 g/mol. The summed E-state index contributed by atoms with van der Waals surface area (Å²) in [4.78, 5) is 54.2. The van der Waals surface area contributed by atoms with E-state index in [-0.39, 0.29) is 42.5 Å². The second-order valence-electron chi connectivity index (χ2n) is 10.0. The molecule has 0 radical (unpaired) electrons. The fourth-order valence-electron chi connectivity index (χ4n) is 4.80. The molecule has 1 aromatic rings. The maximum absolute atomic E-state index is 13.2. The Labute approximate surface area is 219 Å². The summed E-state index contributed by atoms with van der Waals surface area (Å²) in [5, 5.41) is 11.4. The smallest absolute Gasteiger partial charge is 0.255 e. The number of hydrogen-bond acceptors (Lipinski definition) is 6. The van der Waals surface area contributed by atoms with Gasteiger partial charge in [-0.15, -0.1) is 0 Å². The highest BCUT2D eigenvalue weighted by Gasteiger charge is 2.29. The Balaban J connectivity index is 1.77. The number of likely N-dealkylation sites (tertiary alicyclic amines) is 1. The molecule has 204 valence electrons. The SMILES string of the molecule is CCN1CCC[C@H]1CNC(=O)[C@@H]1CCC(=O)NC(C(C)C)C(=O)NCCCOc2ccccc2C(=O)N1. The molecule has 0 saturated carbocycles. The zero-order valence-corrected chi connectivity index (χ0v) is 22.2. The number of ether oxygens (including phenoxy) is 1. The van der Waals surface area contributed by atoms with Crippen LogP contribution in [0.1, 0.15) is 63.2 Å². The highest BCUT2D eigenvalue weighted by Crippen LogP contribution is 2.19. The summed E-state index contributed by atoms with van der Waals surface area (Å²) in [5.74, 6) is -1.08. The zero-order chi connectivity index (χ0) is 26.8. The average Bonchev–Trinajstić information content (AvgIpc) is 3.35. The molecule has 1 aromatic carbocycles. The molecule has 4 N–H and O–H groups in total. The molecular weight excluding hydrogens is 474 g/mol. The Kier molecular flexibility index (Phi) is 10.7. The molecule has 4 amide bonds. The molecule has 2 aliphatic heterocycles. The summed E-state index contributed by atoms with van der Waals surface area (Å²) >= 11 is 0. The van der Waals surface area contributed by atoms with Gasteiger partial charge in [0, 0.05) is 25.6 Å². The van der Waals surface area contributed by atoms with Gasteiger partial charge < -0.3 is 26.0 Å². The third kappa shape index (κ3) is 8.18. The Morgan fingerprint density at radius 1 is 1.14 bits per heavy atom. The lowest BCUT2D eigenvalue weighted by atomic mass is 10.0. The standard InChI is InChI=1S/C27H41N5O5/c1-4-32-15-7-9-19(32)17-29-26(35)21-12-13-23(33)31-24(18(2)3)27(36)28-14-8-16-37-22-11-6-5-10-20(22)25(34)30-21/h5-6,10-11,18-19,21,24H,4,7-9,12-17H2,1-3H3,(H,28,36)(H,29,35)(H,30,34)(H,31,33)/t19-,21-,24?/m0/s1. The number of fused-ring (bicyclic) bond motifs is 1. The Bertz CT molecular complexity index is 953. The molecule has 3 rings (SSSR count). The molecule has 37 heavy (non-hydrogen) atoms. The molecule has 1 saturated heterocycles. The van der Waals surface area contributed by atoms with Gasteiger partial charge in [-0.2, -0.15) is 0 Å². The molecule has 1 fully saturated rings. The van der Waals surface area contributed by atoms with Crippen molar-refractivity contribution in [2.24, 2.45) is 5.92 Å². The molecule has 1 unspecified atom stereocenters. The van der Waals surface area contributed by atoms with Crippen LogP contribution in [-0.4, -0.2) is 79.4 Å². The van der Waals surface area contributed by atoms with E-state index in [0.717, 1.165) is 25.9 Å². The third-order valence-corrected chi connectivity index (χ3v) is 6.97. The molecule has 0 bridgehead atoms. The van der Waals surface area contributed by atoms with Crippen LogP contribution in [0.3, 0.4) is 0 Å². The number of rotatable bonds is 5. The number of amides is 4. The summed E-state index contributed by atoms with van der Waals surface area (Å²) in [6.45, 7) is 8.92. The van der Waals surface area contributed by atoms with Gasteiger partial charge in [0.1, 0.15) is 17.8 Å². The van der Waals surface area contributed by atoms with Crippen LogP contribution in [0.25, 0.3) is 0 Å². The van der Waals surface area contributed by atoms with Gasteiger partial charge in [-0.1, -0.05) is 32.9 Å². The first-order valence-corrected chi connectivity index (χ1v) is 13.4. The van der Waals surface area contributed by atoms with E-state index in [9.17, 15) is 19.2 Å². The van der Waals surface area contributed by atoms with Crippen molar-refractivity contribution < 1.29 is 23.9 Å². The topological polar surface area (TPSA) is 129 Å². The van der Waals surface area contributed by atoms with Crippen molar-refractivity contribution >= 4 is 23.6 Å². The highest BCUT2D eigenvalue weighted by atomic mass is 16.5. The lowest BCUT2D eigenvalue weighted by Gasteiger charge is -2.25. The number of likely N-dealkylation sites (N-methyl/N-ethyl adjacent to an activating group) is 1. The highest BCUT2D eigenvalue weighted by molar-refractivity contribution is 5.99. The van der Waals surface area contributed by atoms with Gasteiger partial charge in [-0.05, 0) is 56.8 Å². The van der Waals surface area contributed by atoms with Gasteiger partial charge >= 0.3 is 0 Å². The monoisotopic (exact) mass is 515 g/mol. The van der Waals surface area contributed by atoms with Crippen LogP contribution in [0.15, 0.2) is 24.3 Å². The van der Waals surface area contributed by atoms with Crippen LogP contribution in [0.2, 0.25) is 0 Å². The summed E-state index contributed by atoms with van der Waals surface area (Å²) in [6, 6.07) is 5.51. The minimum absolute atomic E-state index is 0.0163. The molecule has 0 aliphatic carbocycles. The lowest BCUT2D eigenvalue weighted by Crippen LogP contribution is -2.52. The van der Waals surface area contributed by atoms with Crippen molar-refractivity contribution in [3.05, 3.63) is 29.8 Å². The Morgan fingerprint density at radius 2 is 1.92 bits per heavy atom. The van der Waals surface area contributed by atoms with E-state index in [1.165, 1.54) is 0 Å². The number of hydrogen-bond donors (Lipinski definition) is 4. The van der Waals surface area contributed by atoms with Crippen LogP contribution in [0.4, 0.5) is 0 Å². The van der Waals surface area contributed by atoms with Crippen molar-refractivity contribution in [1.29, 1.82) is 0 Å². The second-order valence-corrected chi connectivity index (χ2v) is 10.0. The minimum Gasteiger partial charge on any atom is -0.493 e. The summed E-state index contributed by atoms with van der Waals surface area (Å²) in [5.41, 5.74) is 0.314. The Morgan fingerprint density at radius 3 is 2.68 bits per heavy atom. The molecule has 10 heteroatoms. The Hall–Kier alpha value is -3.14. The van der Waals surface area contributed by atoms with Gasteiger partial charge in [0.2, 0.25) is 17.7 Å².